The van der Waals surface area contributed by atoms with Gasteiger partial charge in [-0.05, 0) is 61.9 Å². The lowest BCUT2D eigenvalue weighted by Crippen LogP contribution is -1.90. The maximum atomic E-state index is 5.36. The fourth-order valence-corrected chi connectivity index (χ4v) is 3.03. The molecule has 0 saturated carbocycles. The Bertz CT molecular complexity index is 931. The van der Waals surface area contributed by atoms with E-state index >= 15 is 0 Å². The molecule has 0 radical (unpaired) electrons. The molecule has 0 unspecified atom stereocenters. The molecule has 0 fully saturated rings. The van der Waals surface area contributed by atoms with Gasteiger partial charge in [-0.3, -0.25) is 9.97 Å². The van der Waals surface area contributed by atoms with Crippen molar-refractivity contribution in [3.05, 3.63) is 78.4 Å². The van der Waals surface area contributed by atoms with Crippen molar-refractivity contribution in [2.75, 3.05) is 0 Å². The maximum Gasteiger partial charge on any atom is 0.141 e. The van der Waals surface area contributed by atoms with Crippen molar-refractivity contribution in [1.29, 1.82) is 0 Å². The molecule has 4 rings (SSSR count). The Morgan fingerprint density at radius 2 is 1.28 bits per heavy atom. The minimum atomic E-state index is 0.808. The SMILES string of the molecule is Cc1noc(C)c1-c1cc(-c2ccccn2)cc(-c2ccccn2)c1. The quantitative estimate of drug-likeness (QED) is 0.526. The normalized spacial score (nSPS) is 10.8. The van der Waals surface area contributed by atoms with E-state index in [-0.39, 0.29) is 0 Å². The monoisotopic (exact) mass is 327 g/mol. The van der Waals surface area contributed by atoms with Crippen LogP contribution in [0.3, 0.4) is 0 Å². The maximum absolute atomic E-state index is 5.36. The highest BCUT2D eigenvalue weighted by Crippen LogP contribution is 2.34. The van der Waals surface area contributed by atoms with Crippen LogP contribution < -0.4 is 0 Å². The molecule has 1 aromatic carbocycles. The van der Waals surface area contributed by atoms with Crippen LogP contribution >= 0.6 is 0 Å². The molecule has 0 saturated heterocycles. The summed E-state index contributed by atoms with van der Waals surface area (Å²) in [6.45, 7) is 3.89. The van der Waals surface area contributed by atoms with E-state index in [0.29, 0.717) is 0 Å². The minimum Gasteiger partial charge on any atom is -0.361 e. The third-order valence-corrected chi connectivity index (χ3v) is 4.18. The van der Waals surface area contributed by atoms with Gasteiger partial charge in [0.1, 0.15) is 5.76 Å². The Kier molecular flexibility index (Phi) is 3.86. The van der Waals surface area contributed by atoms with Gasteiger partial charge in [0.25, 0.3) is 0 Å². The van der Waals surface area contributed by atoms with Crippen LogP contribution in [0.5, 0.6) is 0 Å². The Morgan fingerprint density at radius 1 is 0.720 bits per heavy atom. The van der Waals surface area contributed by atoms with Crippen LogP contribution in [0, 0.1) is 13.8 Å². The summed E-state index contributed by atoms with van der Waals surface area (Å²) in [5.74, 6) is 0.808. The van der Waals surface area contributed by atoms with Crippen LogP contribution in [0.4, 0.5) is 0 Å². The molecule has 0 amide bonds. The lowest BCUT2D eigenvalue weighted by Gasteiger charge is -2.10. The summed E-state index contributed by atoms with van der Waals surface area (Å²) >= 11 is 0. The Balaban J connectivity index is 1.96. The van der Waals surface area contributed by atoms with E-state index in [1.807, 2.05) is 50.2 Å². The Labute approximate surface area is 146 Å². The van der Waals surface area contributed by atoms with Gasteiger partial charge in [-0.1, -0.05) is 17.3 Å². The highest BCUT2D eigenvalue weighted by molar-refractivity contribution is 5.80. The van der Waals surface area contributed by atoms with Gasteiger partial charge in [0.2, 0.25) is 0 Å². The van der Waals surface area contributed by atoms with E-state index in [4.69, 9.17) is 4.52 Å². The van der Waals surface area contributed by atoms with Crippen molar-refractivity contribution in [3.63, 3.8) is 0 Å². The number of pyridine rings is 2. The first-order valence-electron chi connectivity index (χ1n) is 8.13. The summed E-state index contributed by atoms with van der Waals surface area (Å²) in [6.07, 6.45) is 3.61. The molecule has 122 valence electrons. The first kappa shape index (κ1) is 15.3. The van der Waals surface area contributed by atoms with Crippen LogP contribution in [0.15, 0.2) is 71.5 Å². The van der Waals surface area contributed by atoms with Crippen molar-refractivity contribution in [2.24, 2.45) is 0 Å². The highest BCUT2D eigenvalue weighted by Gasteiger charge is 2.15. The zero-order chi connectivity index (χ0) is 17.2. The number of rotatable bonds is 3. The molecule has 0 aliphatic rings. The number of nitrogens with zero attached hydrogens (tertiary/aromatic N) is 3. The van der Waals surface area contributed by atoms with Crippen LogP contribution in [-0.2, 0) is 0 Å². The predicted molar refractivity (Wildman–Crippen MR) is 97.9 cm³/mol. The van der Waals surface area contributed by atoms with Crippen molar-refractivity contribution < 1.29 is 4.52 Å². The average molecular weight is 327 g/mol. The van der Waals surface area contributed by atoms with Crippen molar-refractivity contribution in [2.45, 2.75) is 13.8 Å². The summed E-state index contributed by atoms with van der Waals surface area (Å²) in [6, 6.07) is 18.2. The van der Waals surface area contributed by atoms with Gasteiger partial charge in [0, 0.05) is 29.1 Å². The van der Waals surface area contributed by atoms with Gasteiger partial charge in [-0.25, -0.2) is 0 Å². The zero-order valence-electron chi connectivity index (χ0n) is 14.1. The largest absolute Gasteiger partial charge is 0.361 e. The van der Waals surface area contributed by atoms with Crippen LogP contribution in [-0.4, -0.2) is 15.1 Å². The fourth-order valence-electron chi connectivity index (χ4n) is 3.03. The van der Waals surface area contributed by atoms with Gasteiger partial charge >= 0.3 is 0 Å². The van der Waals surface area contributed by atoms with Crippen molar-refractivity contribution >= 4 is 0 Å². The lowest BCUT2D eigenvalue weighted by molar-refractivity contribution is 0.393. The molecule has 3 heterocycles. The third kappa shape index (κ3) is 2.94. The van der Waals surface area contributed by atoms with Gasteiger partial charge in [-0.2, -0.15) is 0 Å². The van der Waals surface area contributed by atoms with E-state index in [9.17, 15) is 0 Å². The average Bonchev–Trinajstić information content (AvgIpc) is 3.01. The lowest BCUT2D eigenvalue weighted by atomic mass is 9.96. The van der Waals surface area contributed by atoms with Crippen LogP contribution in [0.2, 0.25) is 0 Å². The van der Waals surface area contributed by atoms with E-state index in [1.54, 1.807) is 12.4 Å². The van der Waals surface area contributed by atoms with Crippen molar-refractivity contribution in [1.82, 2.24) is 15.1 Å². The molecule has 4 heteroatoms. The molecule has 0 atom stereocenters. The number of aromatic nitrogens is 3. The van der Waals surface area contributed by atoms with Crippen molar-refractivity contribution in [3.8, 4) is 33.6 Å². The van der Waals surface area contributed by atoms with E-state index in [0.717, 1.165) is 45.1 Å². The second kappa shape index (κ2) is 6.32. The molecular weight excluding hydrogens is 310 g/mol. The molecule has 0 aliphatic heterocycles. The smallest absolute Gasteiger partial charge is 0.141 e. The molecule has 0 N–H and O–H groups in total. The van der Waals surface area contributed by atoms with E-state index in [2.05, 4.69) is 33.3 Å². The zero-order valence-corrected chi connectivity index (χ0v) is 14.1. The molecule has 25 heavy (non-hydrogen) atoms. The molecule has 0 aliphatic carbocycles. The van der Waals surface area contributed by atoms with E-state index in [1.165, 1.54) is 0 Å². The van der Waals surface area contributed by atoms with Crippen LogP contribution in [0.25, 0.3) is 33.6 Å². The number of benzene rings is 1. The van der Waals surface area contributed by atoms with Crippen LogP contribution in [0.1, 0.15) is 11.5 Å². The minimum absolute atomic E-state index is 0.808. The molecule has 0 bridgehead atoms. The van der Waals surface area contributed by atoms with E-state index < -0.39 is 0 Å². The Hall–Kier alpha value is -3.27. The number of aryl methyl sites for hydroxylation is 2. The first-order valence-corrected chi connectivity index (χ1v) is 8.13. The molecule has 0 spiro atoms. The molecule has 4 aromatic rings. The standard InChI is InChI=1S/C21H17N3O/c1-14-21(15(2)25-24-14)18-12-16(19-7-3-5-9-22-19)11-17(13-18)20-8-4-6-10-23-20/h3-13H,1-2H3. The van der Waals surface area contributed by atoms with Gasteiger partial charge < -0.3 is 4.52 Å². The molecule has 4 nitrogen and oxygen atoms in total. The first-order chi connectivity index (χ1) is 12.2. The fraction of sp³-hybridized carbons (Fsp3) is 0.0952. The summed E-state index contributed by atoms with van der Waals surface area (Å²) in [5.41, 5.74) is 6.89. The second-order valence-corrected chi connectivity index (χ2v) is 5.93. The van der Waals surface area contributed by atoms with Gasteiger partial charge in [0.05, 0.1) is 17.1 Å². The second-order valence-electron chi connectivity index (χ2n) is 5.93. The number of hydrogen-bond donors (Lipinski definition) is 0. The highest BCUT2D eigenvalue weighted by atomic mass is 16.5. The molecular formula is C21H17N3O. The topological polar surface area (TPSA) is 51.8 Å². The summed E-state index contributed by atoms with van der Waals surface area (Å²) < 4.78 is 5.36. The summed E-state index contributed by atoms with van der Waals surface area (Å²) in [7, 11) is 0. The third-order valence-electron chi connectivity index (χ3n) is 4.18. The predicted octanol–water partition coefficient (Wildman–Crippen LogP) is 5.08. The van der Waals surface area contributed by atoms with Gasteiger partial charge in [-0.15, -0.1) is 0 Å². The Morgan fingerprint density at radius 3 is 1.72 bits per heavy atom. The summed E-state index contributed by atoms with van der Waals surface area (Å²) in [4.78, 5) is 8.98. The molecule has 3 aromatic heterocycles. The number of hydrogen-bond acceptors (Lipinski definition) is 4. The summed E-state index contributed by atoms with van der Waals surface area (Å²) in [5, 5.41) is 4.09. The van der Waals surface area contributed by atoms with Gasteiger partial charge in [0.15, 0.2) is 0 Å².